The number of rotatable bonds is 9. The van der Waals surface area contributed by atoms with Gasteiger partial charge >= 0.3 is 5.97 Å². The Kier molecular flexibility index (Phi) is 7.20. The van der Waals surface area contributed by atoms with Crippen LogP contribution in [0.4, 0.5) is 10.3 Å². The second kappa shape index (κ2) is 11.1. The number of pyridine rings is 1. The summed E-state index contributed by atoms with van der Waals surface area (Å²) in [6.07, 6.45) is 6.22. The first kappa shape index (κ1) is 26.0. The van der Waals surface area contributed by atoms with Gasteiger partial charge in [0, 0.05) is 36.7 Å². The van der Waals surface area contributed by atoms with Crippen molar-refractivity contribution in [3.63, 3.8) is 0 Å². The third-order valence-corrected chi connectivity index (χ3v) is 6.67. The topological polar surface area (TPSA) is 136 Å². The van der Waals surface area contributed by atoms with Crippen molar-refractivity contribution in [1.29, 1.82) is 0 Å². The summed E-state index contributed by atoms with van der Waals surface area (Å²) in [6.45, 7) is 2.42. The van der Waals surface area contributed by atoms with Crippen LogP contribution in [0.2, 0.25) is 0 Å². The number of anilines is 1. The summed E-state index contributed by atoms with van der Waals surface area (Å²) < 4.78 is 25.6. The summed E-state index contributed by atoms with van der Waals surface area (Å²) in [7, 11) is 0. The minimum absolute atomic E-state index is 0.0847. The van der Waals surface area contributed by atoms with Crippen LogP contribution in [-0.4, -0.2) is 50.1 Å². The van der Waals surface area contributed by atoms with Crippen molar-refractivity contribution in [2.75, 3.05) is 18.5 Å². The maximum absolute atomic E-state index is 13.7. The number of benzene rings is 1. The third kappa shape index (κ3) is 5.83. The number of aromatic amines is 1. The van der Waals surface area contributed by atoms with Gasteiger partial charge in [0.25, 0.3) is 0 Å². The van der Waals surface area contributed by atoms with E-state index in [0.29, 0.717) is 41.0 Å². The zero-order chi connectivity index (χ0) is 27.5. The lowest BCUT2D eigenvalue weighted by atomic mass is 9.92. The third-order valence-electron chi connectivity index (χ3n) is 6.67. The van der Waals surface area contributed by atoms with Crippen LogP contribution in [0, 0.1) is 11.2 Å². The summed E-state index contributed by atoms with van der Waals surface area (Å²) in [4.78, 5) is 38.9. The number of ether oxygens (including phenoxy) is 2. The molecule has 0 radical (unpaired) electrons. The Balaban J connectivity index is 1.23. The molecule has 0 unspecified atom stereocenters. The average molecular weight is 546 g/mol. The van der Waals surface area contributed by atoms with Crippen LogP contribution in [0.1, 0.15) is 37.4 Å². The second-order valence-corrected chi connectivity index (χ2v) is 10.1. The molecular formula is C28H28FN7O4. The van der Waals surface area contributed by atoms with Gasteiger partial charge < -0.3 is 24.6 Å². The molecule has 4 aromatic rings. The van der Waals surface area contributed by atoms with Crippen molar-refractivity contribution >= 4 is 11.9 Å². The number of hydrogen-bond acceptors (Lipinski definition) is 10. The fraction of sp³-hybridized carbons (Fsp3) is 0.321. The number of carbonyl (C=O) groups excluding carboxylic acids is 1. The van der Waals surface area contributed by atoms with Crippen LogP contribution in [0.15, 0.2) is 61.1 Å². The molecule has 11 nitrogen and oxygen atoms in total. The summed E-state index contributed by atoms with van der Waals surface area (Å²) >= 11 is 0. The number of H-pyrrole nitrogens is 1. The lowest BCUT2D eigenvalue weighted by Gasteiger charge is -2.34. The first-order valence-corrected chi connectivity index (χ1v) is 13.0. The Bertz CT molecular complexity index is 1470. The predicted molar refractivity (Wildman–Crippen MR) is 142 cm³/mol. The predicted octanol–water partition coefficient (Wildman–Crippen LogP) is 3.94. The smallest absolute Gasteiger partial charge is 0.335 e. The zero-order valence-electron chi connectivity index (χ0n) is 21.8. The Morgan fingerprint density at radius 1 is 1.07 bits per heavy atom. The maximum Gasteiger partial charge on any atom is 0.335 e. The van der Waals surface area contributed by atoms with E-state index in [4.69, 9.17) is 19.3 Å². The van der Waals surface area contributed by atoms with E-state index in [1.165, 1.54) is 12.1 Å². The van der Waals surface area contributed by atoms with Gasteiger partial charge in [-0.15, -0.1) is 0 Å². The molecule has 206 valence electrons. The van der Waals surface area contributed by atoms with Gasteiger partial charge in [-0.1, -0.05) is 0 Å². The maximum atomic E-state index is 13.7. The zero-order valence-corrected chi connectivity index (χ0v) is 21.8. The number of aromatic nitrogens is 5. The van der Waals surface area contributed by atoms with Crippen molar-refractivity contribution < 1.29 is 23.5 Å². The van der Waals surface area contributed by atoms with E-state index in [0.717, 1.165) is 18.4 Å². The van der Waals surface area contributed by atoms with E-state index in [9.17, 15) is 9.18 Å². The van der Waals surface area contributed by atoms with Crippen LogP contribution in [0.5, 0.6) is 0 Å². The number of hydrogen-bond donors (Lipinski definition) is 3. The highest BCUT2D eigenvalue weighted by atomic mass is 19.1. The quantitative estimate of drug-likeness (QED) is 0.265. The molecule has 1 aromatic carbocycles. The molecule has 12 heteroatoms. The standard InChI is InChI=1S/C28H28FN7O4/c1-28(26(37)40-36-20-6-7-20)15-38-25(39-16-28)24-34-22(18-2-4-19(29)5-3-18)23(35-24)21-10-13-31-27(33-21)32-14-17-8-11-30-12-9-17/h2-5,8-13,20,25,36H,6-7,14-16H2,1H3,(H,34,35)(H,31,32,33). The average Bonchev–Trinajstić information content (AvgIpc) is 3.72. The van der Waals surface area contributed by atoms with Crippen LogP contribution in [0.3, 0.4) is 0 Å². The van der Waals surface area contributed by atoms with Gasteiger partial charge in [-0.2, -0.15) is 5.48 Å². The molecule has 2 fully saturated rings. The Labute approximate surface area is 229 Å². The summed E-state index contributed by atoms with van der Waals surface area (Å²) in [5.74, 6) is 0.0327. The van der Waals surface area contributed by atoms with Crippen LogP contribution >= 0.6 is 0 Å². The monoisotopic (exact) mass is 545 g/mol. The highest BCUT2D eigenvalue weighted by Crippen LogP contribution is 2.36. The lowest BCUT2D eigenvalue weighted by molar-refractivity contribution is -0.241. The molecule has 1 aliphatic heterocycles. The Morgan fingerprint density at radius 3 is 2.55 bits per heavy atom. The molecule has 1 saturated heterocycles. The van der Waals surface area contributed by atoms with E-state index >= 15 is 0 Å². The van der Waals surface area contributed by atoms with Crippen molar-refractivity contribution in [2.45, 2.75) is 38.6 Å². The van der Waals surface area contributed by atoms with Gasteiger partial charge in [-0.25, -0.2) is 24.1 Å². The lowest BCUT2D eigenvalue weighted by Crippen LogP contribution is -2.45. The molecule has 3 N–H and O–H groups in total. The Hall–Kier alpha value is -4.26. The normalized spacial score (nSPS) is 20.7. The number of imidazole rings is 1. The molecule has 1 aliphatic carbocycles. The van der Waals surface area contributed by atoms with Gasteiger partial charge in [0.2, 0.25) is 12.2 Å². The first-order valence-electron chi connectivity index (χ1n) is 13.0. The summed E-state index contributed by atoms with van der Waals surface area (Å²) in [5, 5.41) is 3.22. The fourth-order valence-corrected chi connectivity index (χ4v) is 4.12. The van der Waals surface area contributed by atoms with Crippen molar-refractivity contribution in [3.8, 4) is 22.6 Å². The highest BCUT2D eigenvalue weighted by Gasteiger charge is 2.43. The molecule has 40 heavy (non-hydrogen) atoms. The number of carbonyl (C=O) groups is 1. The molecule has 6 rings (SSSR count). The van der Waals surface area contributed by atoms with E-state index in [1.54, 1.807) is 43.7 Å². The number of halogens is 1. The van der Waals surface area contributed by atoms with Crippen molar-refractivity contribution in [1.82, 2.24) is 30.4 Å². The van der Waals surface area contributed by atoms with Crippen LogP contribution in [-0.2, 0) is 25.7 Å². The number of nitrogens with one attached hydrogen (secondary N) is 3. The van der Waals surface area contributed by atoms with Gasteiger partial charge in [0.1, 0.15) is 11.2 Å². The molecule has 4 heterocycles. The molecular weight excluding hydrogens is 517 g/mol. The fourth-order valence-electron chi connectivity index (χ4n) is 4.12. The molecule has 3 aromatic heterocycles. The number of nitrogens with zero attached hydrogens (tertiary/aromatic N) is 4. The second-order valence-electron chi connectivity index (χ2n) is 10.1. The van der Waals surface area contributed by atoms with E-state index < -0.39 is 17.7 Å². The largest absolute Gasteiger partial charge is 0.370 e. The molecule has 0 atom stereocenters. The minimum atomic E-state index is -0.963. The molecule has 0 bridgehead atoms. The van der Waals surface area contributed by atoms with E-state index in [-0.39, 0.29) is 25.1 Å². The SMILES string of the molecule is CC1(C(=O)ONC2CC2)COC(c2nc(-c3ccc(F)cc3)c(-c3ccnc(NCc4ccncc4)n3)[nH]2)OC1. The molecule has 1 saturated carbocycles. The van der Waals surface area contributed by atoms with Gasteiger partial charge in [-0.3, -0.25) is 4.98 Å². The summed E-state index contributed by atoms with van der Waals surface area (Å²) in [5.41, 5.74) is 5.22. The Morgan fingerprint density at radius 2 is 1.82 bits per heavy atom. The molecule has 0 spiro atoms. The van der Waals surface area contributed by atoms with E-state index in [1.807, 2.05) is 12.1 Å². The van der Waals surface area contributed by atoms with Crippen molar-refractivity contribution in [3.05, 3.63) is 78.3 Å². The van der Waals surface area contributed by atoms with Gasteiger partial charge in [-0.05, 0) is 67.8 Å². The highest BCUT2D eigenvalue weighted by molar-refractivity contribution is 5.77. The van der Waals surface area contributed by atoms with Gasteiger partial charge in [0.15, 0.2) is 5.82 Å². The summed E-state index contributed by atoms with van der Waals surface area (Å²) in [6, 6.07) is 11.8. The molecule has 2 aliphatic rings. The van der Waals surface area contributed by atoms with Gasteiger partial charge in [0.05, 0.1) is 30.3 Å². The molecule has 0 amide bonds. The van der Waals surface area contributed by atoms with Crippen molar-refractivity contribution in [2.24, 2.45) is 5.41 Å². The minimum Gasteiger partial charge on any atom is -0.370 e. The number of hydroxylamine groups is 1. The van der Waals surface area contributed by atoms with Crippen LogP contribution < -0.4 is 10.8 Å². The first-order chi connectivity index (χ1) is 19.5. The van der Waals surface area contributed by atoms with E-state index in [2.05, 4.69) is 30.7 Å². The van der Waals surface area contributed by atoms with Crippen LogP contribution in [0.25, 0.3) is 22.6 Å².